The molecule has 1 atom stereocenters. The van der Waals surface area contributed by atoms with Gasteiger partial charge in [0.1, 0.15) is 17.2 Å². The van der Waals surface area contributed by atoms with Gasteiger partial charge in [0.05, 0.1) is 13.7 Å². The molecule has 0 radical (unpaired) electrons. The first-order valence-corrected chi connectivity index (χ1v) is 8.52. The van der Waals surface area contributed by atoms with Crippen LogP contribution in [0.1, 0.15) is 13.8 Å². The number of anilines is 1. The summed E-state index contributed by atoms with van der Waals surface area (Å²) < 4.78 is 20.9. The fourth-order valence-corrected chi connectivity index (χ4v) is 2.16. The normalized spacial score (nSPS) is 11.2. The number of nitrogens with one attached hydrogen (secondary N) is 1. The number of ether oxygens (including phenoxy) is 4. The molecule has 0 saturated carbocycles. The van der Waals surface area contributed by atoms with E-state index in [1.54, 1.807) is 69.5 Å². The van der Waals surface area contributed by atoms with Crippen molar-refractivity contribution in [1.82, 2.24) is 0 Å². The first kappa shape index (κ1) is 20.1. The molecular formula is C20H23NO6. The summed E-state index contributed by atoms with van der Waals surface area (Å²) in [7, 11) is 1.58. The zero-order valence-electron chi connectivity index (χ0n) is 15.6. The number of amides is 1. The molecule has 7 nitrogen and oxygen atoms in total. The van der Waals surface area contributed by atoms with E-state index in [1.807, 2.05) is 0 Å². The lowest BCUT2D eigenvalue weighted by Crippen LogP contribution is -2.30. The first-order chi connectivity index (χ1) is 13.0. The van der Waals surface area contributed by atoms with Crippen molar-refractivity contribution in [2.45, 2.75) is 20.0 Å². The third kappa shape index (κ3) is 6.54. The summed E-state index contributed by atoms with van der Waals surface area (Å²) in [5.41, 5.74) is 0.534. The first-order valence-electron chi connectivity index (χ1n) is 8.52. The smallest absolute Gasteiger partial charge is 0.344 e. The van der Waals surface area contributed by atoms with E-state index in [1.165, 1.54) is 0 Å². The second-order valence-electron chi connectivity index (χ2n) is 5.55. The average molecular weight is 373 g/mol. The van der Waals surface area contributed by atoms with Gasteiger partial charge in [-0.25, -0.2) is 4.79 Å². The summed E-state index contributed by atoms with van der Waals surface area (Å²) >= 11 is 0. The van der Waals surface area contributed by atoms with Crippen LogP contribution in [0.3, 0.4) is 0 Å². The second-order valence-corrected chi connectivity index (χ2v) is 5.55. The third-order valence-corrected chi connectivity index (χ3v) is 3.51. The number of benzene rings is 2. The van der Waals surface area contributed by atoms with Gasteiger partial charge in [0.25, 0.3) is 5.91 Å². The molecule has 1 amide bonds. The van der Waals surface area contributed by atoms with Gasteiger partial charge < -0.3 is 24.3 Å². The number of hydrogen-bond acceptors (Lipinski definition) is 6. The molecule has 2 aromatic rings. The van der Waals surface area contributed by atoms with Crippen molar-refractivity contribution in [3.05, 3.63) is 48.5 Å². The highest BCUT2D eigenvalue weighted by molar-refractivity contribution is 5.94. The van der Waals surface area contributed by atoms with Gasteiger partial charge in [0.2, 0.25) is 0 Å². The van der Waals surface area contributed by atoms with Crippen LogP contribution in [0.2, 0.25) is 0 Å². The van der Waals surface area contributed by atoms with E-state index in [9.17, 15) is 9.59 Å². The summed E-state index contributed by atoms with van der Waals surface area (Å²) in [4.78, 5) is 23.7. The monoisotopic (exact) mass is 373 g/mol. The van der Waals surface area contributed by atoms with E-state index in [4.69, 9.17) is 18.9 Å². The third-order valence-electron chi connectivity index (χ3n) is 3.51. The number of carbonyl (C=O) groups is 2. The largest absolute Gasteiger partial charge is 0.497 e. The van der Waals surface area contributed by atoms with Crippen molar-refractivity contribution in [2.75, 3.05) is 25.6 Å². The molecule has 144 valence electrons. The van der Waals surface area contributed by atoms with Gasteiger partial charge in [-0.15, -0.1) is 0 Å². The highest BCUT2D eigenvalue weighted by Crippen LogP contribution is 2.20. The van der Waals surface area contributed by atoms with Gasteiger partial charge in [-0.2, -0.15) is 0 Å². The Morgan fingerprint density at radius 3 is 2.41 bits per heavy atom. The highest BCUT2D eigenvalue weighted by atomic mass is 16.6. The highest BCUT2D eigenvalue weighted by Gasteiger charge is 2.15. The van der Waals surface area contributed by atoms with E-state index in [0.29, 0.717) is 29.5 Å². The van der Waals surface area contributed by atoms with E-state index in [2.05, 4.69) is 5.32 Å². The molecule has 0 aliphatic heterocycles. The molecule has 27 heavy (non-hydrogen) atoms. The maximum absolute atomic E-state index is 12.3. The fraction of sp³-hybridized carbons (Fsp3) is 0.300. The maximum Gasteiger partial charge on any atom is 0.344 e. The SMILES string of the molecule is CCOC(=O)COc1cccc(NC(=O)C(C)Oc2ccc(OC)cc2)c1. The number of carbonyl (C=O) groups excluding carboxylic acids is 2. The number of rotatable bonds is 9. The van der Waals surface area contributed by atoms with Crippen molar-refractivity contribution < 1.29 is 28.5 Å². The minimum atomic E-state index is -0.706. The van der Waals surface area contributed by atoms with Crippen LogP contribution < -0.4 is 19.5 Å². The van der Waals surface area contributed by atoms with E-state index in [-0.39, 0.29) is 12.5 Å². The second kappa shape index (κ2) is 10.1. The Morgan fingerprint density at radius 1 is 1.04 bits per heavy atom. The molecule has 0 fully saturated rings. The summed E-state index contributed by atoms with van der Waals surface area (Å²) in [5.74, 6) is 0.954. The van der Waals surface area contributed by atoms with Gasteiger partial charge in [0.15, 0.2) is 12.7 Å². The molecule has 2 aromatic carbocycles. The molecule has 0 aliphatic carbocycles. The van der Waals surface area contributed by atoms with E-state index in [0.717, 1.165) is 0 Å². The number of methoxy groups -OCH3 is 1. The van der Waals surface area contributed by atoms with Gasteiger partial charge in [-0.1, -0.05) is 6.07 Å². The molecule has 7 heteroatoms. The predicted molar refractivity (Wildman–Crippen MR) is 100 cm³/mol. The van der Waals surface area contributed by atoms with Crippen molar-refractivity contribution in [1.29, 1.82) is 0 Å². The minimum absolute atomic E-state index is 0.192. The Hall–Kier alpha value is -3.22. The van der Waals surface area contributed by atoms with Gasteiger partial charge in [-0.3, -0.25) is 4.79 Å². The summed E-state index contributed by atoms with van der Waals surface area (Å²) in [6.07, 6.45) is -0.706. The molecule has 0 spiro atoms. The Morgan fingerprint density at radius 2 is 1.74 bits per heavy atom. The lowest BCUT2D eigenvalue weighted by atomic mass is 10.2. The van der Waals surface area contributed by atoms with Crippen LogP contribution in [0.15, 0.2) is 48.5 Å². The predicted octanol–water partition coefficient (Wildman–Crippen LogP) is 3.04. The standard InChI is InChI=1S/C20H23NO6/c1-4-25-19(22)13-26-18-7-5-6-15(12-18)21-20(23)14(2)27-17-10-8-16(24-3)9-11-17/h5-12,14H,4,13H2,1-3H3,(H,21,23). The van der Waals surface area contributed by atoms with Gasteiger partial charge >= 0.3 is 5.97 Å². The molecule has 0 heterocycles. The van der Waals surface area contributed by atoms with Crippen LogP contribution in [0, 0.1) is 0 Å². The van der Waals surface area contributed by atoms with Crippen LogP contribution in [-0.2, 0) is 14.3 Å². The molecule has 0 aliphatic rings. The number of hydrogen-bond donors (Lipinski definition) is 1. The molecule has 1 unspecified atom stereocenters. The van der Waals surface area contributed by atoms with Crippen LogP contribution in [-0.4, -0.2) is 38.3 Å². The zero-order valence-corrected chi connectivity index (χ0v) is 15.6. The minimum Gasteiger partial charge on any atom is -0.497 e. The topological polar surface area (TPSA) is 83.1 Å². The van der Waals surface area contributed by atoms with Crippen molar-refractivity contribution in [2.24, 2.45) is 0 Å². The quantitative estimate of drug-likeness (QED) is 0.680. The maximum atomic E-state index is 12.3. The molecule has 2 rings (SSSR count). The van der Waals surface area contributed by atoms with Crippen molar-refractivity contribution >= 4 is 17.6 Å². The van der Waals surface area contributed by atoms with E-state index >= 15 is 0 Å². The Balaban J connectivity index is 1.90. The lowest BCUT2D eigenvalue weighted by Gasteiger charge is -2.15. The van der Waals surface area contributed by atoms with Crippen LogP contribution >= 0.6 is 0 Å². The average Bonchev–Trinajstić information content (AvgIpc) is 2.67. The summed E-state index contributed by atoms with van der Waals surface area (Å²) in [6, 6.07) is 13.7. The van der Waals surface area contributed by atoms with Crippen LogP contribution in [0.5, 0.6) is 17.2 Å². The molecule has 1 N–H and O–H groups in total. The lowest BCUT2D eigenvalue weighted by molar-refractivity contribution is -0.145. The Labute approximate surface area is 158 Å². The molecular weight excluding hydrogens is 350 g/mol. The zero-order chi connectivity index (χ0) is 19.6. The van der Waals surface area contributed by atoms with Crippen LogP contribution in [0.25, 0.3) is 0 Å². The summed E-state index contributed by atoms with van der Waals surface area (Å²) in [5, 5.41) is 2.75. The molecule has 0 saturated heterocycles. The number of esters is 1. The van der Waals surface area contributed by atoms with E-state index < -0.39 is 12.1 Å². The Kier molecular flexibility index (Phi) is 7.49. The molecule has 0 aromatic heterocycles. The van der Waals surface area contributed by atoms with Gasteiger partial charge in [0, 0.05) is 11.8 Å². The fourth-order valence-electron chi connectivity index (χ4n) is 2.16. The van der Waals surface area contributed by atoms with Crippen LogP contribution in [0.4, 0.5) is 5.69 Å². The Bertz CT molecular complexity index is 759. The molecule has 0 bridgehead atoms. The summed E-state index contributed by atoms with van der Waals surface area (Å²) in [6.45, 7) is 3.48. The van der Waals surface area contributed by atoms with Crippen molar-refractivity contribution in [3.63, 3.8) is 0 Å². The van der Waals surface area contributed by atoms with Gasteiger partial charge in [-0.05, 0) is 50.2 Å². The van der Waals surface area contributed by atoms with Crippen molar-refractivity contribution in [3.8, 4) is 17.2 Å².